The number of halogens is 2. The van der Waals surface area contributed by atoms with Gasteiger partial charge >= 0.3 is 0 Å². The molecular weight excluding hydrogens is 498 g/mol. The fraction of sp³-hybridized carbons (Fsp3) is 0.240. The van der Waals surface area contributed by atoms with Crippen LogP contribution in [0, 0.1) is 11.6 Å². The van der Waals surface area contributed by atoms with Gasteiger partial charge in [-0.3, -0.25) is 9.69 Å². The van der Waals surface area contributed by atoms with Crippen LogP contribution < -0.4 is 11.1 Å². The second-order valence-electron chi connectivity index (χ2n) is 8.82. The number of aromatic hydroxyl groups is 1. The number of phenolic OH excluding ortho intramolecular Hbond substituents is 1. The number of aliphatic hydroxyl groups excluding tert-OH is 1. The number of nitrogens with zero attached hydrogens (tertiary/aromatic N) is 6. The third-order valence-electron chi connectivity index (χ3n) is 6.47. The lowest BCUT2D eigenvalue weighted by atomic mass is 10.0. The van der Waals surface area contributed by atoms with Crippen LogP contribution in [0.15, 0.2) is 54.7 Å². The molecule has 5 rings (SSSR count). The number of primary amides is 1. The third-order valence-corrected chi connectivity index (χ3v) is 6.47. The number of phenols is 1. The van der Waals surface area contributed by atoms with Crippen LogP contribution in [-0.4, -0.2) is 71.6 Å². The highest BCUT2D eigenvalue weighted by Crippen LogP contribution is 2.33. The maximum absolute atomic E-state index is 14.7. The molecule has 0 spiro atoms. The number of benzene rings is 2. The van der Waals surface area contributed by atoms with E-state index in [0.29, 0.717) is 24.1 Å². The molecule has 11 nitrogen and oxygen atoms in total. The number of pyridine rings is 1. The van der Waals surface area contributed by atoms with E-state index in [9.17, 15) is 23.8 Å². The molecule has 0 radical (unpaired) electrons. The summed E-state index contributed by atoms with van der Waals surface area (Å²) in [6, 6.07) is 11.4. The molecule has 196 valence electrons. The second kappa shape index (κ2) is 10.5. The summed E-state index contributed by atoms with van der Waals surface area (Å²) in [4.78, 5) is 18.8. The predicted molar refractivity (Wildman–Crippen MR) is 133 cm³/mol. The molecule has 1 aliphatic heterocycles. The molecular formula is C25H24F2N8O3. The van der Waals surface area contributed by atoms with E-state index in [4.69, 9.17) is 5.73 Å². The van der Waals surface area contributed by atoms with Crippen molar-refractivity contribution >= 4 is 11.7 Å². The van der Waals surface area contributed by atoms with Gasteiger partial charge in [0.1, 0.15) is 17.3 Å². The van der Waals surface area contributed by atoms with Gasteiger partial charge in [-0.2, -0.15) is 4.68 Å². The predicted octanol–water partition coefficient (Wildman–Crippen LogP) is 2.06. The molecule has 13 heteroatoms. The zero-order chi connectivity index (χ0) is 26.8. The van der Waals surface area contributed by atoms with Gasteiger partial charge in [0.25, 0.3) is 5.91 Å². The van der Waals surface area contributed by atoms with Crippen molar-refractivity contribution in [1.82, 2.24) is 30.1 Å². The molecule has 1 saturated heterocycles. The van der Waals surface area contributed by atoms with E-state index < -0.39 is 23.7 Å². The van der Waals surface area contributed by atoms with Crippen molar-refractivity contribution in [3.63, 3.8) is 0 Å². The molecule has 3 heterocycles. The van der Waals surface area contributed by atoms with Crippen molar-refractivity contribution < 1.29 is 23.8 Å². The van der Waals surface area contributed by atoms with Crippen molar-refractivity contribution in [3.8, 4) is 34.0 Å². The summed E-state index contributed by atoms with van der Waals surface area (Å²) in [5.41, 5.74) is 7.08. The van der Waals surface area contributed by atoms with Gasteiger partial charge < -0.3 is 21.3 Å². The van der Waals surface area contributed by atoms with Gasteiger partial charge in [-0.25, -0.2) is 13.8 Å². The molecule has 2 aromatic carbocycles. The molecule has 2 atom stereocenters. The number of aliphatic hydroxyl groups is 1. The van der Waals surface area contributed by atoms with Crippen LogP contribution in [0.25, 0.3) is 28.2 Å². The number of hydrogen-bond donors (Lipinski definition) is 4. The number of likely N-dealkylation sites (tertiary alicyclic amines) is 1. The molecule has 2 aromatic heterocycles. The SMILES string of the molecule is NC(=O)C(Nc1ncc(-c2ccc(O)cc2)cc1-c1nnnn1-c1cccc(F)c1F)N1CCC[C@H]1CO. The Balaban J connectivity index is 1.64. The minimum Gasteiger partial charge on any atom is -0.508 e. The van der Waals surface area contributed by atoms with Crippen LogP contribution in [0.4, 0.5) is 14.6 Å². The summed E-state index contributed by atoms with van der Waals surface area (Å²) in [5, 5.41) is 34.1. The Morgan fingerprint density at radius 3 is 2.71 bits per heavy atom. The Morgan fingerprint density at radius 1 is 1.18 bits per heavy atom. The lowest BCUT2D eigenvalue weighted by molar-refractivity contribution is -0.122. The van der Waals surface area contributed by atoms with Crippen molar-refractivity contribution in [2.75, 3.05) is 18.5 Å². The van der Waals surface area contributed by atoms with E-state index in [0.717, 1.165) is 17.2 Å². The Morgan fingerprint density at radius 2 is 1.97 bits per heavy atom. The van der Waals surface area contributed by atoms with Crippen LogP contribution in [0.2, 0.25) is 0 Å². The van der Waals surface area contributed by atoms with E-state index in [-0.39, 0.29) is 41.3 Å². The van der Waals surface area contributed by atoms with Crippen molar-refractivity contribution in [3.05, 3.63) is 66.4 Å². The second-order valence-corrected chi connectivity index (χ2v) is 8.82. The van der Waals surface area contributed by atoms with Crippen LogP contribution >= 0.6 is 0 Å². The van der Waals surface area contributed by atoms with E-state index in [1.165, 1.54) is 24.3 Å². The van der Waals surface area contributed by atoms with E-state index in [1.54, 1.807) is 29.3 Å². The molecule has 1 fully saturated rings. The van der Waals surface area contributed by atoms with Crippen LogP contribution in [0.3, 0.4) is 0 Å². The highest BCUT2D eigenvalue weighted by atomic mass is 19.2. The number of hydrogen-bond acceptors (Lipinski definition) is 9. The Hall–Kier alpha value is -4.49. The first-order valence-corrected chi connectivity index (χ1v) is 11.8. The zero-order valence-electron chi connectivity index (χ0n) is 20.0. The Labute approximate surface area is 215 Å². The summed E-state index contributed by atoms with van der Waals surface area (Å²) in [5.74, 6) is -2.64. The zero-order valence-corrected chi connectivity index (χ0v) is 20.0. The molecule has 1 unspecified atom stereocenters. The molecule has 4 aromatic rings. The van der Waals surface area contributed by atoms with Gasteiger partial charge in [-0.1, -0.05) is 18.2 Å². The first kappa shape index (κ1) is 25.2. The maximum atomic E-state index is 14.7. The Kier molecular flexibility index (Phi) is 6.94. The topological polar surface area (TPSA) is 155 Å². The lowest BCUT2D eigenvalue weighted by Crippen LogP contribution is -2.52. The van der Waals surface area contributed by atoms with Gasteiger partial charge in [0.05, 0.1) is 12.2 Å². The highest BCUT2D eigenvalue weighted by Gasteiger charge is 2.34. The first-order valence-electron chi connectivity index (χ1n) is 11.8. The van der Waals surface area contributed by atoms with E-state index in [1.807, 2.05) is 0 Å². The van der Waals surface area contributed by atoms with Gasteiger partial charge in [-0.15, -0.1) is 5.10 Å². The molecule has 1 amide bonds. The number of carbonyl (C=O) groups excluding carboxylic acids is 1. The molecule has 0 saturated carbocycles. The smallest absolute Gasteiger partial charge is 0.255 e. The molecule has 0 aliphatic carbocycles. The van der Waals surface area contributed by atoms with Crippen molar-refractivity contribution in [2.45, 2.75) is 25.0 Å². The number of rotatable bonds is 8. The standard InChI is InChI=1S/C25H24F2N8O3/c26-19-4-1-5-20(21(19)27)35-24(31-32-33-35)18-11-15(14-6-8-17(37)9-7-14)12-29-23(18)30-25(22(28)38)34-10-2-3-16(34)13-36/h1,4-9,11-12,16,25,36-37H,2-3,10,13H2,(H2,28,38)(H,29,30)/t16-,25?/m0/s1. The van der Waals surface area contributed by atoms with Gasteiger partial charge in [0, 0.05) is 24.3 Å². The number of amides is 1. The lowest BCUT2D eigenvalue weighted by Gasteiger charge is -2.31. The van der Waals surface area contributed by atoms with E-state index >= 15 is 0 Å². The normalized spacial score (nSPS) is 16.4. The molecule has 38 heavy (non-hydrogen) atoms. The quantitative estimate of drug-likeness (QED) is 0.272. The van der Waals surface area contributed by atoms with Gasteiger partial charge in [-0.05, 0) is 59.2 Å². The third kappa shape index (κ3) is 4.76. The summed E-state index contributed by atoms with van der Waals surface area (Å²) in [6.07, 6.45) is 1.99. The van der Waals surface area contributed by atoms with Crippen molar-refractivity contribution in [1.29, 1.82) is 0 Å². The van der Waals surface area contributed by atoms with Gasteiger partial charge in [0.15, 0.2) is 23.6 Å². The monoisotopic (exact) mass is 522 g/mol. The first-order chi connectivity index (χ1) is 18.4. The largest absolute Gasteiger partial charge is 0.508 e. The minimum absolute atomic E-state index is 0.0217. The van der Waals surface area contributed by atoms with Gasteiger partial charge in [0.2, 0.25) is 0 Å². The average Bonchev–Trinajstić information content (AvgIpc) is 3.59. The fourth-order valence-corrected chi connectivity index (χ4v) is 4.58. The van der Waals surface area contributed by atoms with Crippen LogP contribution in [0.1, 0.15) is 12.8 Å². The molecule has 5 N–H and O–H groups in total. The number of tetrazole rings is 1. The number of carbonyl (C=O) groups is 1. The number of nitrogens with two attached hydrogens (primary N) is 1. The number of anilines is 1. The average molecular weight is 523 g/mol. The van der Waals surface area contributed by atoms with E-state index in [2.05, 4.69) is 25.8 Å². The number of nitrogens with one attached hydrogen (secondary N) is 1. The summed E-state index contributed by atoms with van der Waals surface area (Å²) < 4.78 is 29.8. The summed E-state index contributed by atoms with van der Waals surface area (Å²) in [6.45, 7) is 0.377. The molecule has 0 bridgehead atoms. The minimum atomic E-state index is -1.14. The summed E-state index contributed by atoms with van der Waals surface area (Å²) >= 11 is 0. The maximum Gasteiger partial charge on any atom is 0.255 e. The van der Waals surface area contributed by atoms with Crippen LogP contribution in [-0.2, 0) is 4.79 Å². The van der Waals surface area contributed by atoms with Crippen molar-refractivity contribution in [2.24, 2.45) is 5.73 Å². The van der Waals surface area contributed by atoms with Crippen LogP contribution in [0.5, 0.6) is 5.75 Å². The number of aromatic nitrogens is 5. The fourth-order valence-electron chi connectivity index (χ4n) is 4.58. The Bertz CT molecular complexity index is 1460. The summed E-state index contributed by atoms with van der Waals surface area (Å²) in [7, 11) is 0. The molecule has 1 aliphatic rings. The highest BCUT2D eigenvalue weighted by molar-refractivity contribution is 5.85.